The Bertz CT molecular complexity index is 949. The highest BCUT2D eigenvalue weighted by atomic mass is 19.1. The molecule has 146 valence electrons. The normalized spacial score (nSPS) is 10.7. The Balaban J connectivity index is 1.85. The topological polar surface area (TPSA) is 88.6 Å². The van der Waals surface area contributed by atoms with Crippen molar-refractivity contribution in [1.29, 1.82) is 0 Å². The molecule has 0 unspecified atom stereocenters. The Labute approximate surface area is 158 Å². The first-order valence-corrected chi connectivity index (χ1v) is 8.47. The lowest BCUT2D eigenvalue weighted by molar-refractivity contribution is 0.0699. The second-order valence-electron chi connectivity index (χ2n) is 5.94. The van der Waals surface area contributed by atoms with Crippen LogP contribution >= 0.6 is 0 Å². The molecule has 0 fully saturated rings. The molecule has 0 spiro atoms. The average Bonchev–Trinajstić information content (AvgIpc) is 3.32. The number of carbonyl (C=O) groups excluding carboxylic acids is 2. The molecule has 1 aromatic carbocycles. The summed E-state index contributed by atoms with van der Waals surface area (Å²) in [4.78, 5) is 25.9. The number of aromatic nitrogens is 1. The number of amides is 2. The first kappa shape index (κ1) is 19.3. The summed E-state index contributed by atoms with van der Waals surface area (Å²) >= 11 is 0. The Kier molecular flexibility index (Phi) is 5.83. The molecule has 9 heteroatoms. The van der Waals surface area contributed by atoms with Crippen LogP contribution in [0, 0.1) is 11.6 Å². The Morgan fingerprint density at radius 1 is 1.11 bits per heavy atom. The molecule has 1 N–H and O–H groups in total. The number of nitrogens with zero attached hydrogens (tertiary/aromatic N) is 2. The van der Waals surface area contributed by atoms with Gasteiger partial charge in [0.1, 0.15) is 17.4 Å². The predicted molar refractivity (Wildman–Crippen MR) is 93.2 cm³/mol. The monoisotopic (exact) mass is 389 g/mol. The van der Waals surface area contributed by atoms with E-state index in [1.807, 2.05) is 0 Å². The molecule has 3 rings (SSSR count). The first-order chi connectivity index (χ1) is 13.5. The van der Waals surface area contributed by atoms with Crippen molar-refractivity contribution in [1.82, 2.24) is 15.4 Å². The molecule has 0 aliphatic rings. The molecular weight excluding hydrogens is 372 g/mol. The summed E-state index contributed by atoms with van der Waals surface area (Å²) in [6.45, 7) is 2.14. The summed E-state index contributed by atoms with van der Waals surface area (Å²) < 4.78 is 37.4. The summed E-state index contributed by atoms with van der Waals surface area (Å²) in [5.74, 6) is -2.06. The summed E-state index contributed by atoms with van der Waals surface area (Å²) in [5, 5.41) is 6.26. The zero-order valence-electron chi connectivity index (χ0n) is 14.9. The number of halogens is 2. The standard InChI is InChI=1S/C19H17F2N3O4/c1-2-22-18(25)17-9-16(28-23-17)11-24(10-15-4-3-5-27-15)19(26)12-6-13(20)8-14(21)7-12/h3-9H,2,10-11H2,1H3,(H,22,25). The quantitative estimate of drug-likeness (QED) is 0.671. The summed E-state index contributed by atoms with van der Waals surface area (Å²) in [7, 11) is 0. The number of nitrogens with one attached hydrogen (secondary N) is 1. The maximum atomic E-state index is 13.5. The number of furan rings is 1. The van der Waals surface area contributed by atoms with Crippen molar-refractivity contribution in [3.63, 3.8) is 0 Å². The van der Waals surface area contributed by atoms with Crippen molar-refractivity contribution in [2.75, 3.05) is 6.54 Å². The molecule has 2 heterocycles. The summed E-state index contributed by atoms with van der Waals surface area (Å²) in [6.07, 6.45) is 1.45. The highest BCUT2D eigenvalue weighted by molar-refractivity contribution is 5.94. The van der Waals surface area contributed by atoms with Gasteiger partial charge in [0.15, 0.2) is 11.5 Å². The van der Waals surface area contributed by atoms with Crippen LogP contribution in [-0.2, 0) is 13.1 Å². The zero-order chi connectivity index (χ0) is 20.1. The van der Waals surface area contributed by atoms with E-state index in [1.54, 1.807) is 19.1 Å². The van der Waals surface area contributed by atoms with Gasteiger partial charge in [0, 0.05) is 24.2 Å². The van der Waals surface area contributed by atoms with Gasteiger partial charge in [-0.3, -0.25) is 9.59 Å². The number of benzene rings is 1. The highest BCUT2D eigenvalue weighted by Crippen LogP contribution is 2.17. The van der Waals surface area contributed by atoms with Gasteiger partial charge in [-0.15, -0.1) is 0 Å². The summed E-state index contributed by atoms with van der Waals surface area (Å²) in [5.41, 5.74) is -0.0911. The van der Waals surface area contributed by atoms with Crippen LogP contribution in [0.15, 0.2) is 51.6 Å². The van der Waals surface area contributed by atoms with Crippen LogP contribution in [0.25, 0.3) is 0 Å². The van der Waals surface area contributed by atoms with E-state index in [4.69, 9.17) is 8.94 Å². The fourth-order valence-electron chi connectivity index (χ4n) is 2.58. The van der Waals surface area contributed by atoms with Gasteiger partial charge in [-0.25, -0.2) is 8.78 Å². The molecule has 0 saturated heterocycles. The van der Waals surface area contributed by atoms with Crippen molar-refractivity contribution in [2.24, 2.45) is 0 Å². The zero-order valence-corrected chi connectivity index (χ0v) is 14.9. The van der Waals surface area contributed by atoms with Crippen molar-refractivity contribution in [2.45, 2.75) is 20.0 Å². The van der Waals surface area contributed by atoms with E-state index in [0.29, 0.717) is 18.4 Å². The van der Waals surface area contributed by atoms with E-state index in [-0.39, 0.29) is 30.1 Å². The van der Waals surface area contributed by atoms with Gasteiger partial charge in [-0.05, 0) is 31.2 Å². The fourth-order valence-corrected chi connectivity index (χ4v) is 2.58. The van der Waals surface area contributed by atoms with Gasteiger partial charge in [0.25, 0.3) is 11.8 Å². The van der Waals surface area contributed by atoms with Gasteiger partial charge < -0.3 is 19.2 Å². The smallest absolute Gasteiger partial charge is 0.273 e. The molecule has 3 aromatic rings. The lowest BCUT2D eigenvalue weighted by Crippen LogP contribution is -2.30. The third-order valence-corrected chi connectivity index (χ3v) is 3.80. The minimum Gasteiger partial charge on any atom is -0.467 e. The second kappa shape index (κ2) is 8.47. The van der Waals surface area contributed by atoms with Crippen LogP contribution in [0.3, 0.4) is 0 Å². The lowest BCUT2D eigenvalue weighted by atomic mass is 10.1. The Morgan fingerprint density at radius 2 is 1.82 bits per heavy atom. The van der Waals surface area contributed by atoms with Gasteiger partial charge >= 0.3 is 0 Å². The van der Waals surface area contributed by atoms with Crippen LogP contribution in [-0.4, -0.2) is 28.4 Å². The van der Waals surface area contributed by atoms with E-state index >= 15 is 0 Å². The van der Waals surface area contributed by atoms with E-state index in [1.165, 1.54) is 17.2 Å². The average molecular weight is 389 g/mol. The van der Waals surface area contributed by atoms with Crippen molar-refractivity contribution in [3.05, 3.63) is 77.1 Å². The first-order valence-electron chi connectivity index (χ1n) is 8.47. The molecule has 0 bridgehead atoms. The van der Waals surface area contributed by atoms with Crippen LogP contribution in [0.1, 0.15) is 39.3 Å². The van der Waals surface area contributed by atoms with E-state index in [0.717, 1.165) is 12.1 Å². The predicted octanol–water partition coefficient (Wildman–Crippen LogP) is 3.14. The van der Waals surface area contributed by atoms with Crippen molar-refractivity contribution < 1.29 is 27.3 Å². The molecule has 28 heavy (non-hydrogen) atoms. The van der Waals surface area contributed by atoms with Crippen molar-refractivity contribution >= 4 is 11.8 Å². The van der Waals surface area contributed by atoms with E-state index < -0.39 is 23.4 Å². The fraction of sp³-hybridized carbons (Fsp3) is 0.211. The molecular formula is C19H17F2N3O4. The number of rotatable bonds is 7. The Hall–Kier alpha value is -3.49. The van der Waals surface area contributed by atoms with Gasteiger partial charge in [-0.1, -0.05) is 5.16 Å². The van der Waals surface area contributed by atoms with Gasteiger partial charge in [-0.2, -0.15) is 0 Å². The van der Waals surface area contributed by atoms with Gasteiger partial charge in [0.05, 0.1) is 19.4 Å². The lowest BCUT2D eigenvalue weighted by Gasteiger charge is -2.20. The van der Waals surface area contributed by atoms with E-state index in [9.17, 15) is 18.4 Å². The molecule has 0 aliphatic carbocycles. The second-order valence-corrected chi connectivity index (χ2v) is 5.94. The molecule has 0 saturated carbocycles. The Morgan fingerprint density at radius 3 is 2.46 bits per heavy atom. The van der Waals surface area contributed by atoms with Crippen LogP contribution in [0.2, 0.25) is 0 Å². The van der Waals surface area contributed by atoms with Crippen LogP contribution in [0.5, 0.6) is 0 Å². The number of hydrogen-bond acceptors (Lipinski definition) is 5. The largest absolute Gasteiger partial charge is 0.467 e. The van der Waals surface area contributed by atoms with Crippen LogP contribution in [0.4, 0.5) is 8.78 Å². The maximum Gasteiger partial charge on any atom is 0.273 e. The maximum absolute atomic E-state index is 13.5. The van der Waals surface area contributed by atoms with Gasteiger partial charge in [0.2, 0.25) is 0 Å². The number of carbonyl (C=O) groups is 2. The highest BCUT2D eigenvalue weighted by Gasteiger charge is 2.22. The van der Waals surface area contributed by atoms with Crippen LogP contribution < -0.4 is 5.32 Å². The number of hydrogen-bond donors (Lipinski definition) is 1. The molecule has 7 nitrogen and oxygen atoms in total. The summed E-state index contributed by atoms with van der Waals surface area (Å²) in [6, 6.07) is 7.29. The minimum atomic E-state index is -0.862. The molecule has 0 radical (unpaired) electrons. The third-order valence-electron chi connectivity index (χ3n) is 3.80. The minimum absolute atomic E-state index is 0.0289. The molecule has 2 aromatic heterocycles. The van der Waals surface area contributed by atoms with E-state index in [2.05, 4.69) is 10.5 Å². The molecule has 0 aliphatic heterocycles. The van der Waals surface area contributed by atoms with Crippen molar-refractivity contribution in [3.8, 4) is 0 Å². The third kappa shape index (κ3) is 4.61. The molecule has 2 amide bonds. The molecule has 0 atom stereocenters. The SMILES string of the molecule is CCNC(=O)c1cc(CN(Cc2ccco2)C(=O)c2cc(F)cc(F)c2)on1.